The number of halogens is 3. The summed E-state index contributed by atoms with van der Waals surface area (Å²) in [5.74, 6) is 0.918. The minimum Gasteiger partial charge on any atom is -0.486 e. The van der Waals surface area contributed by atoms with Crippen LogP contribution in [0.2, 0.25) is 5.02 Å². The fourth-order valence-corrected chi connectivity index (χ4v) is 2.59. The Labute approximate surface area is 126 Å². The summed E-state index contributed by atoms with van der Waals surface area (Å²) >= 11 is 12.3. The van der Waals surface area contributed by atoms with E-state index >= 15 is 0 Å². The van der Waals surface area contributed by atoms with Crippen molar-refractivity contribution in [1.82, 2.24) is 0 Å². The van der Waals surface area contributed by atoms with E-state index in [1.807, 2.05) is 0 Å². The van der Waals surface area contributed by atoms with Crippen molar-refractivity contribution >= 4 is 23.2 Å². The first-order chi connectivity index (χ1) is 9.65. The summed E-state index contributed by atoms with van der Waals surface area (Å²) < 4.78 is 24.8. The Morgan fingerprint density at radius 1 is 1.00 bits per heavy atom. The Morgan fingerprint density at radius 3 is 2.55 bits per heavy atom. The molecule has 0 fully saturated rings. The second-order valence-electron chi connectivity index (χ2n) is 4.43. The van der Waals surface area contributed by atoms with Crippen molar-refractivity contribution in [2.45, 2.75) is 5.38 Å². The first-order valence-corrected chi connectivity index (χ1v) is 6.95. The van der Waals surface area contributed by atoms with E-state index < -0.39 is 5.38 Å². The number of rotatable bonds is 2. The molecule has 104 valence electrons. The third-order valence-electron chi connectivity index (χ3n) is 3.09. The van der Waals surface area contributed by atoms with Crippen molar-refractivity contribution in [3.8, 4) is 11.5 Å². The van der Waals surface area contributed by atoms with E-state index in [-0.39, 0.29) is 5.82 Å². The molecule has 0 saturated carbocycles. The van der Waals surface area contributed by atoms with Crippen LogP contribution in [0.1, 0.15) is 16.5 Å². The normalized spacial score (nSPS) is 14.9. The lowest BCUT2D eigenvalue weighted by atomic mass is 10.0. The predicted octanol–water partition coefficient (Wildman–Crippen LogP) is 4.58. The summed E-state index contributed by atoms with van der Waals surface area (Å²) in [7, 11) is 0. The minimum absolute atomic E-state index is 0.343. The van der Waals surface area contributed by atoms with Gasteiger partial charge in [0.05, 0.1) is 5.38 Å². The van der Waals surface area contributed by atoms with Gasteiger partial charge in [-0.15, -0.1) is 11.6 Å². The molecule has 2 nitrogen and oxygen atoms in total. The van der Waals surface area contributed by atoms with Gasteiger partial charge in [-0.25, -0.2) is 4.39 Å². The van der Waals surface area contributed by atoms with Crippen molar-refractivity contribution in [3.05, 3.63) is 58.4 Å². The van der Waals surface area contributed by atoms with Crippen LogP contribution in [0, 0.1) is 5.82 Å². The Kier molecular flexibility index (Phi) is 3.72. The topological polar surface area (TPSA) is 18.5 Å². The van der Waals surface area contributed by atoms with Gasteiger partial charge in [-0.05, 0) is 35.9 Å². The largest absolute Gasteiger partial charge is 0.486 e. The molecule has 1 aliphatic heterocycles. The van der Waals surface area contributed by atoms with E-state index in [0.717, 1.165) is 5.56 Å². The lowest BCUT2D eigenvalue weighted by Gasteiger charge is -2.20. The zero-order valence-electron chi connectivity index (χ0n) is 10.4. The monoisotopic (exact) mass is 312 g/mol. The van der Waals surface area contributed by atoms with Crippen LogP contribution in [0.25, 0.3) is 0 Å². The van der Waals surface area contributed by atoms with Crippen molar-refractivity contribution in [1.29, 1.82) is 0 Å². The van der Waals surface area contributed by atoms with Gasteiger partial charge in [-0.3, -0.25) is 0 Å². The summed E-state index contributed by atoms with van der Waals surface area (Å²) in [5.41, 5.74) is 1.08. The number of alkyl halides is 1. The van der Waals surface area contributed by atoms with E-state index in [9.17, 15) is 4.39 Å². The predicted molar refractivity (Wildman–Crippen MR) is 76.5 cm³/mol. The molecule has 0 aromatic heterocycles. The average Bonchev–Trinajstić information content (AvgIpc) is 2.48. The van der Waals surface area contributed by atoms with E-state index in [4.69, 9.17) is 32.7 Å². The molecule has 0 spiro atoms. The number of ether oxygens (including phenoxy) is 2. The maximum atomic E-state index is 13.8. The molecule has 2 aromatic carbocycles. The van der Waals surface area contributed by atoms with Gasteiger partial charge in [0, 0.05) is 10.6 Å². The van der Waals surface area contributed by atoms with Crippen LogP contribution in [0.3, 0.4) is 0 Å². The maximum Gasteiger partial charge on any atom is 0.161 e. The average molecular weight is 313 g/mol. The lowest BCUT2D eigenvalue weighted by Crippen LogP contribution is -2.15. The third kappa shape index (κ3) is 2.56. The van der Waals surface area contributed by atoms with Gasteiger partial charge in [0.25, 0.3) is 0 Å². The first kappa shape index (κ1) is 13.5. The first-order valence-electron chi connectivity index (χ1n) is 6.14. The molecule has 1 atom stereocenters. The van der Waals surface area contributed by atoms with E-state index in [2.05, 4.69) is 0 Å². The molecular formula is C15H11Cl2FO2. The molecule has 20 heavy (non-hydrogen) atoms. The maximum absolute atomic E-state index is 13.8. The fourth-order valence-electron chi connectivity index (χ4n) is 2.11. The molecule has 0 radical (unpaired) electrons. The second kappa shape index (κ2) is 5.51. The standard InChI is InChI=1S/C15H11Cl2FO2/c16-10-2-3-12(18)11(8-10)15(17)9-1-4-13-14(7-9)20-6-5-19-13/h1-4,7-8,15H,5-6H2. The number of hydrogen-bond donors (Lipinski definition) is 0. The highest BCUT2D eigenvalue weighted by atomic mass is 35.5. The number of hydrogen-bond acceptors (Lipinski definition) is 2. The quantitative estimate of drug-likeness (QED) is 0.756. The molecule has 1 unspecified atom stereocenters. The second-order valence-corrected chi connectivity index (χ2v) is 5.30. The van der Waals surface area contributed by atoms with Crippen molar-refractivity contribution in [3.63, 3.8) is 0 Å². The highest BCUT2D eigenvalue weighted by Crippen LogP contribution is 2.38. The van der Waals surface area contributed by atoms with Crippen LogP contribution in [-0.4, -0.2) is 13.2 Å². The molecule has 0 saturated heterocycles. The van der Waals surface area contributed by atoms with Crippen LogP contribution in [-0.2, 0) is 0 Å². The molecule has 1 heterocycles. The van der Waals surface area contributed by atoms with Gasteiger partial charge < -0.3 is 9.47 Å². The molecular weight excluding hydrogens is 302 g/mol. The van der Waals surface area contributed by atoms with Crippen LogP contribution in [0.5, 0.6) is 11.5 Å². The highest BCUT2D eigenvalue weighted by Gasteiger charge is 2.19. The molecule has 0 aliphatic carbocycles. The van der Waals surface area contributed by atoms with Crippen LogP contribution >= 0.6 is 23.2 Å². The molecule has 0 amide bonds. The van der Waals surface area contributed by atoms with Crippen LogP contribution in [0.4, 0.5) is 4.39 Å². The zero-order valence-corrected chi connectivity index (χ0v) is 11.9. The zero-order chi connectivity index (χ0) is 14.1. The molecule has 3 rings (SSSR count). The summed E-state index contributed by atoms with van der Waals surface area (Å²) in [6.45, 7) is 1.02. The Morgan fingerprint density at radius 2 is 1.75 bits per heavy atom. The van der Waals surface area contributed by atoms with E-state index in [1.54, 1.807) is 18.2 Å². The van der Waals surface area contributed by atoms with Gasteiger partial charge in [0.1, 0.15) is 19.0 Å². The van der Waals surface area contributed by atoms with Crippen molar-refractivity contribution < 1.29 is 13.9 Å². The smallest absolute Gasteiger partial charge is 0.161 e. The lowest BCUT2D eigenvalue weighted by molar-refractivity contribution is 0.171. The van der Waals surface area contributed by atoms with Gasteiger partial charge in [-0.1, -0.05) is 17.7 Å². The molecule has 2 aromatic rings. The van der Waals surface area contributed by atoms with E-state index in [1.165, 1.54) is 18.2 Å². The van der Waals surface area contributed by atoms with Gasteiger partial charge in [0.2, 0.25) is 0 Å². The van der Waals surface area contributed by atoms with Crippen LogP contribution in [0.15, 0.2) is 36.4 Å². The highest BCUT2D eigenvalue weighted by molar-refractivity contribution is 6.30. The van der Waals surface area contributed by atoms with Gasteiger partial charge in [-0.2, -0.15) is 0 Å². The molecule has 0 N–H and O–H groups in total. The van der Waals surface area contributed by atoms with Gasteiger partial charge >= 0.3 is 0 Å². The van der Waals surface area contributed by atoms with Crippen LogP contribution < -0.4 is 9.47 Å². The minimum atomic E-state index is -0.635. The molecule has 0 bridgehead atoms. The summed E-state index contributed by atoms with van der Waals surface area (Å²) in [5, 5.41) is -0.186. The van der Waals surface area contributed by atoms with Gasteiger partial charge in [0.15, 0.2) is 11.5 Å². The van der Waals surface area contributed by atoms with E-state index in [0.29, 0.717) is 35.3 Å². The fraction of sp³-hybridized carbons (Fsp3) is 0.200. The summed E-state index contributed by atoms with van der Waals surface area (Å²) in [6, 6.07) is 9.68. The Hall–Kier alpha value is -1.45. The summed E-state index contributed by atoms with van der Waals surface area (Å²) in [6.07, 6.45) is 0. The Bertz CT molecular complexity index is 646. The molecule has 5 heteroatoms. The Balaban J connectivity index is 1.97. The number of benzene rings is 2. The molecule has 1 aliphatic rings. The summed E-state index contributed by atoms with van der Waals surface area (Å²) in [4.78, 5) is 0. The number of fused-ring (bicyclic) bond motifs is 1. The van der Waals surface area contributed by atoms with Crippen molar-refractivity contribution in [2.24, 2.45) is 0 Å². The SMILES string of the molecule is Fc1ccc(Cl)cc1C(Cl)c1ccc2c(c1)OCCO2. The third-order valence-corrected chi connectivity index (χ3v) is 3.81. The van der Waals surface area contributed by atoms with Crippen molar-refractivity contribution in [2.75, 3.05) is 13.2 Å².